The average Bonchev–Trinajstić information content (AvgIpc) is 2.32. The molecule has 0 fully saturated rings. The van der Waals surface area contributed by atoms with Gasteiger partial charge in [-0.2, -0.15) is 0 Å². The van der Waals surface area contributed by atoms with Crippen LogP contribution in [-0.4, -0.2) is 0 Å². The maximum absolute atomic E-state index is 3.92. The van der Waals surface area contributed by atoms with E-state index in [1.165, 1.54) is 0 Å². The molecule has 0 N–H and O–H groups in total. The average molecular weight is 224 g/mol. The van der Waals surface area contributed by atoms with Gasteiger partial charge in [-0.05, 0) is 29.2 Å². The minimum atomic E-state index is 0.845. The summed E-state index contributed by atoms with van der Waals surface area (Å²) in [6.45, 7) is 21.2. The molecule has 0 heterocycles. The molecule has 0 rings (SSSR count). The zero-order valence-electron chi connectivity index (χ0n) is 10.6. The summed E-state index contributed by atoms with van der Waals surface area (Å²) >= 11 is 0. The smallest absolute Gasteiger partial charge is 0.0262 e. The van der Waals surface area contributed by atoms with Crippen LogP contribution < -0.4 is 0 Å². The van der Waals surface area contributed by atoms with Crippen molar-refractivity contribution in [1.82, 2.24) is 0 Å². The predicted molar refractivity (Wildman–Crippen MR) is 79.9 cm³/mol. The zero-order valence-corrected chi connectivity index (χ0v) is 10.6. The molecule has 0 saturated heterocycles. The minimum absolute atomic E-state index is 0.845. The number of allylic oxidation sites excluding steroid dienone is 11. The SMILES string of the molecule is C=C/C=C\C(=C)C(=C)/C=C\C(=C)C(=C)/C=C\C. The van der Waals surface area contributed by atoms with Gasteiger partial charge in [-0.15, -0.1) is 0 Å². The molecule has 0 amide bonds. The molecule has 0 aliphatic rings. The Morgan fingerprint density at radius 1 is 0.706 bits per heavy atom. The van der Waals surface area contributed by atoms with E-state index in [1.807, 2.05) is 43.4 Å². The molecule has 0 aliphatic carbocycles. The highest BCUT2D eigenvalue weighted by Crippen LogP contribution is 2.13. The van der Waals surface area contributed by atoms with Crippen molar-refractivity contribution in [3.05, 3.63) is 97.7 Å². The second-order valence-corrected chi connectivity index (χ2v) is 3.53. The molecule has 0 aliphatic heterocycles. The second-order valence-electron chi connectivity index (χ2n) is 3.53. The Labute approximate surface area is 105 Å². The molecule has 0 radical (unpaired) electrons. The quantitative estimate of drug-likeness (QED) is 0.529. The summed E-state index contributed by atoms with van der Waals surface area (Å²) in [5.41, 5.74) is 3.46. The van der Waals surface area contributed by atoms with Crippen LogP contribution >= 0.6 is 0 Å². The molecule has 0 aromatic carbocycles. The first kappa shape index (κ1) is 14.9. The third-order valence-corrected chi connectivity index (χ3v) is 2.11. The Kier molecular flexibility index (Phi) is 7.12. The lowest BCUT2D eigenvalue weighted by Gasteiger charge is -2.01. The maximum atomic E-state index is 3.92. The lowest BCUT2D eigenvalue weighted by Crippen LogP contribution is -1.81. The van der Waals surface area contributed by atoms with Crippen LogP contribution in [0.25, 0.3) is 0 Å². The van der Waals surface area contributed by atoms with E-state index in [-0.39, 0.29) is 0 Å². The van der Waals surface area contributed by atoms with Gasteiger partial charge in [-0.25, -0.2) is 0 Å². The molecular weight excluding hydrogens is 204 g/mol. The van der Waals surface area contributed by atoms with Crippen LogP contribution in [0.4, 0.5) is 0 Å². The van der Waals surface area contributed by atoms with Gasteiger partial charge in [0.25, 0.3) is 0 Å². The van der Waals surface area contributed by atoms with Crippen LogP contribution in [0.2, 0.25) is 0 Å². The topological polar surface area (TPSA) is 0 Å². The van der Waals surface area contributed by atoms with E-state index in [4.69, 9.17) is 0 Å². The molecule has 88 valence electrons. The van der Waals surface area contributed by atoms with Crippen molar-refractivity contribution in [3.63, 3.8) is 0 Å². The lowest BCUT2D eigenvalue weighted by molar-refractivity contribution is 1.54. The molecule has 0 atom stereocenters. The van der Waals surface area contributed by atoms with Gasteiger partial charge in [0.15, 0.2) is 0 Å². The summed E-state index contributed by atoms with van der Waals surface area (Å²) in [5.74, 6) is 0. The van der Waals surface area contributed by atoms with Gasteiger partial charge < -0.3 is 0 Å². The molecule has 0 bridgehead atoms. The largest absolute Gasteiger partial charge is 0.0991 e. The van der Waals surface area contributed by atoms with Gasteiger partial charge in [-0.1, -0.05) is 75.4 Å². The highest BCUT2D eigenvalue weighted by atomic mass is 14.0. The summed E-state index contributed by atoms with van der Waals surface area (Å²) in [5, 5.41) is 0. The molecule has 0 saturated carbocycles. The number of hydrogen-bond acceptors (Lipinski definition) is 0. The van der Waals surface area contributed by atoms with Crippen LogP contribution in [0, 0.1) is 0 Å². The van der Waals surface area contributed by atoms with Gasteiger partial charge >= 0.3 is 0 Å². The molecule has 0 spiro atoms. The van der Waals surface area contributed by atoms with Crippen LogP contribution in [0.3, 0.4) is 0 Å². The van der Waals surface area contributed by atoms with Crippen LogP contribution in [0.1, 0.15) is 6.92 Å². The summed E-state index contributed by atoms with van der Waals surface area (Å²) in [6, 6.07) is 0. The number of hydrogen-bond donors (Lipinski definition) is 0. The van der Waals surface area contributed by atoms with Crippen molar-refractivity contribution in [2.24, 2.45) is 0 Å². The summed E-state index contributed by atoms with van der Waals surface area (Å²) in [6.07, 6.45) is 13.0. The summed E-state index contributed by atoms with van der Waals surface area (Å²) in [4.78, 5) is 0. The van der Waals surface area contributed by atoms with Gasteiger partial charge in [0.1, 0.15) is 0 Å². The maximum Gasteiger partial charge on any atom is -0.0262 e. The van der Waals surface area contributed by atoms with Crippen LogP contribution in [-0.2, 0) is 0 Å². The molecule has 17 heavy (non-hydrogen) atoms. The Hall–Kier alpha value is -2.08. The summed E-state index contributed by atoms with van der Waals surface area (Å²) < 4.78 is 0. The predicted octanol–water partition coefficient (Wildman–Crippen LogP) is 5.09. The van der Waals surface area contributed by atoms with Crippen molar-refractivity contribution in [3.8, 4) is 0 Å². The van der Waals surface area contributed by atoms with Gasteiger partial charge in [0.05, 0.1) is 0 Å². The Bertz CT molecular complexity index is 423. The fraction of sp³-hybridized carbons (Fsp3) is 0.0588. The Morgan fingerprint density at radius 3 is 1.53 bits per heavy atom. The molecule has 0 unspecified atom stereocenters. The first-order valence-electron chi connectivity index (χ1n) is 5.39. The van der Waals surface area contributed by atoms with Crippen molar-refractivity contribution in [2.75, 3.05) is 0 Å². The highest BCUT2D eigenvalue weighted by Gasteiger charge is 1.93. The normalized spacial score (nSPS) is 11.1. The third kappa shape index (κ3) is 6.16. The van der Waals surface area contributed by atoms with E-state index < -0.39 is 0 Å². The Morgan fingerprint density at radius 2 is 1.12 bits per heavy atom. The van der Waals surface area contributed by atoms with E-state index >= 15 is 0 Å². The first-order chi connectivity index (χ1) is 8.02. The van der Waals surface area contributed by atoms with Crippen molar-refractivity contribution in [1.29, 1.82) is 0 Å². The molecule has 0 nitrogen and oxygen atoms in total. The van der Waals surface area contributed by atoms with E-state index in [2.05, 4.69) is 32.9 Å². The highest BCUT2D eigenvalue weighted by molar-refractivity contribution is 5.49. The van der Waals surface area contributed by atoms with Crippen molar-refractivity contribution < 1.29 is 0 Å². The van der Waals surface area contributed by atoms with Crippen molar-refractivity contribution in [2.45, 2.75) is 6.92 Å². The Balaban J connectivity index is 4.53. The van der Waals surface area contributed by atoms with Crippen LogP contribution in [0.5, 0.6) is 0 Å². The molecule has 0 aromatic heterocycles. The molecule has 0 heteroatoms. The summed E-state index contributed by atoms with van der Waals surface area (Å²) in [7, 11) is 0. The van der Waals surface area contributed by atoms with E-state index in [9.17, 15) is 0 Å². The van der Waals surface area contributed by atoms with Gasteiger partial charge in [-0.3, -0.25) is 0 Å². The van der Waals surface area contributed by atoms with E-state index in [0.29, 0.717) is 0 Å². The lowest BCUT2D eigenvalue weighted by atomic mass is 10.0. The van der Waals surface area contributed by atoms with E-state index in [1.54, 1.807) is 6.08 Å². The van der Waals surface area contributed by atoms with Crippen molar-refractivity contribution >= 4 is 0 Å². The minimum Gasteiger partial charge on any atom is -0.0991 e. The molecule has 0 aromatic rings. The monoisotopic (exact) mass is 224 g/mol. The first-order valence-corrected chi connectivity index (χ1v) is 5.39. The molecular formula is C17H20. The van der Waals surface area contributed by atoms with Crippen LogP contribution in [0.15, 0.2) is 97.7 Å². The third-order valence-electron chi connectivity index (χ3n) is 2.11. The fourth-order valence-electron chi connectivity index (χ4n) is 1.01. The number of rotatable bonds is 7. The zero-order chi connectivity index (χ0) is 13.3. The fourth-order valence-corrected chi connectivity index (χ4v) is 1.01. The standard InChI is InChI=1S/C17H20/c1-7-9-11-15(4)17(6)13-12-16(5)14(3)10-8-2/h7-13H,1,3-6H2,2H3/b10-8-,11-9-,13-12-. The van der Waals surface area contributed by atoms with Gasteiger partial charge in [0.2, 0.25) is 0 Å². The van der Waals surface area contributed by atoms with Gasteiger partial charge in [0, 0.05) is 0 Å². The second kappa shape index (κ2) is 8.12. The van der Waals surface area contributed by atoms with E-state index in [0.717, 1.165) is 22.3 Å².